The first-order valence-electron chi connectivity index (χ1n) is 6.78. The second-order valence-electron chi connectivity index (χ2n) is 5.38. The molecule has 0 bridgehead atoms. The Morgan fingerprint density at radius 1 is 1.53 bits per heavy atom. The van der Waals surface area contributed by atoms with Crippen LogP contribution in [0.5, 0.6) is 0 Å². The fourth-order valence-electron chi connectivity index (χ4n) is 2.42. The molecule has 0 spiro atoms. The summed E-state index contributed by atoms with van der Waals surface area (Å²) in [4.78, 5) is 14.3. The minimum Gasteiger partial charge on any atom is -0.355 e. The Morgan fingerprint density at radius 2 is 2.24 bits per heavy atom. The Morgan fingerprint density at radius 3 is 2.71 bits per heavy atom. The maximum absolute atomic E-state index is 11.9. The molecule has 0 radical (unpaired) electrons. The zero-order chi connectivity index (χ0) is 12.8. The molecule has 0 aromatic carbocycles. The predicted octanol–water partition coefficient (Wildman–Crippen LogP) is 0.675. The molecule has 0 saturated carbocycles. The molecule has 0 aromatic rings. The first kappa shape index (κ1) is 14.5. The average molecular weight is 241 g/mol. The fourth-order valence-corrected chi connectivity index (χ4v) is 2.42. The Bertz CT molecular complexity index is 243. The summed E-state index contributed by atoms with van der Waals surface area (Å²) in [6.07, 6.45) is 1.20. The second-order valence-corrected chi connectivity index (χ2v) is 5.38. The lowest BCUT2D eigenvalue weighted by atomic mass is 9.95. The van der Waals surface area contributed by atoms with Gasteiger partial charge in [-0.2, -0.15) is 0 Å². The van der Waals surface area contributed by atoms with Gasteiger partial charge in [0.25, 0.3) is 0 Å². The molecule has 1 aliphatic rings. The molecule has 100 valence electrons. The third-order valence-corrected chi connectivity index (χ3v) is 3.78. The van der Waals surface area contributed by atoms with Crippen LogP contribution in [0.1, 0.15) is 27.2 Å². The standard InChI is InChI=1S/C13H27N3O/c1-4-16-6-5-11(9-16)8-15-13(17)12(7-14)10(2)3/h10-12H,4-9,14H2,1-3H3,(H,15,17). The van der Waals surface area contributed by atoms with Crippen molar-refractivity contribution in [2.75, 3.05) is 32.7 Å². The van der Waals surface area contributed by atoms with Gasteiger partial charge < -0.3 is 16.0 Å². The molecule has 1 heterocycles. The normalized spacial score (nSPS) is 23.0. The van der Waals surface area contributed by atoms with Gasteiger partial charge in [0, 0.05) is 19.6 Å². The van der Waals surface area contributed by atoms with E-state index in [1.807, 2.05) is 13.8 Å². The Kier molecular flexibility index (Phi) is 5.92. The molecule has 1 aliphatic heterocycles. The van der Waals surface area contributed by atoms with Crippen LogP contribution < -0.4 is 11.1 Å². The number of nitrogens with two attached hydrogens (primary N) is 1. The van der Waals surface area contributed by atoms with Gasteiger partial charge in [-0.15, -0.1) is 0 Å². The van der Waals surface area contributed by atoms with Gasteiger partial charge in [-0.25, -0.2) is 0 Å². The highest BCUT2D eigenvalue weighted by molar-refractivity contribution is 5.79. The van der Waals surface area contributed by atoms with Crippen molar-refractivity contribution in [1.82, 2.24) is 10.2 Å². The van der Waals surface area contributed by atoms with Crippen molar-refractivity contribution >= 4 is 5.91 Å². The van der Waals surface area contributed by atoms with Gasteiger partial charge in [0.05, 0.1) is 5.92 Å². The number of likely N-dealkylation sites (tertiary alicyclic amines) is 1. The number of rotatable bonds is 6. The molecule has 17 heavy (non-hydrogen) atoms. The van der Waals surface area contributed by atoms with Crippen molar-refractivity contribution in [1.29, 1.82) is 0 Å². The number of amides is 1. The van der Waals surface area contributed by atoms with Crippen molar-refractivity contribution in [3.05, 3.63) is 0 Å². The first-order valence-corrected chi connectivity index (χ1v) is 6.78. The van der Waals surface area contributed by atoms with E-state index in [1.165, 1.54) is 13.0 Å². The van der Waals surface area contributed by atoms with Crippen LogP contribution in [0.15, 0.2) is 0 Å². The zero-order valence-electron chi connectivity index (χ0n) is 11.4. The average Bonchev–Trinajstić information content (AvgIpc) is 2.74. The minimum atomic E-state index is -0.0429. The van der Waals surface area contributed by atoms with E-state index < -0.39 is 0 Å². The summed E-state index contributed by atoms with van der Waals surface area (Å²) in [6, 6.07) is 0. The van der Waals surface area contributed by atoms with E-state index in [0.717, 1.165) is 19.6 Å². The third-order valence-electron chi connectivity index (χ3n) is 3.78. The van der Waals surface area contributed by atoms with Gasteiger partial charge in [-0.1, -0.05) is 20.8 Å². The molecule has 1 amide bonds. The van der Waals surface area contributed by atoms with Crippen molar-refractivity contribution < 1.29 is 4.79 Å². The van der Waals surface area contributed by atoms with Gasteiger partial charge >= 0.3 is 0 Å². The maximum Gasteiger partial charge on any atom is 0.224 e. The molecule has 0 aromatic heterocycles. The second kappa shape index (κ2) is 6.97. The highest BCUT2D eigenvalue weighted by atomic mass is 16.1. The molecule has 0 aliphatic carbocycles. The Labute approximate surface area is 105 Å². The van der Waals surface area contributed by atoms with Gasteiger partial charge in [0.2, 0.25) is 5.91 Å². The predicted molar refractivity (Wildman–Crippen MR) is 70.6 cm³/mol. The molecule has 2 atom stereocenters. The maximum atomic E-state index is 11.9. The zero-order valence-corrected chi connectivity index (χ0v) is 11.4. The highest BCUT2D eigenvalue weighted by Crippen LogP contribution is 2.15. The van der Waals surface area contributed by atoms with Gasteiger partial charge in [0.1, 0.15) is 0 Å². The monoisotopic (exact) mass is 241 g/mol. The lowest BCUT2D eigenvalue weighted by Crippen LogP contribution is -2.40. The Hall–Kier alpha value is -0.610. The fraction of sp³-hybridized carbons (Fsp3) is 0.923. The third kappa shape index (κ3) is 4.28. The number of hydrogen-bond acceptors (Lipinski definition) is 3. The summed E-state index contributed by atoms with van der Waals surface area (Å²) in [6.45, 7) is 10.9. The lowest BCUT2D eigenvalue weighted by molar-refractivity contribution is -0.126. The topological polar surface area (TPSA) is 58.4 Å². The van der Waals surface area contributed by atoms with Crippen molar-refractivity contribution in [2.24, 2.45) is 23.5 Å². The van der Waals surface area contributed by atoms with E-state index in [-0.39, 0.29) is 11.8 Å². The number of nitrogens with zero attached hydrogens (tertiary/aromatic N) is 1. The van der Waals surface area contributed by atoms with Crippen LogP contribution in [0.25, 0.3) is 0 Å². The highest BCUT2D eigenvalue weighted by Gasteiger charge is 2.24. The van der Waals surface area contributed by atoms with Gasteiger partial charge in [0.15, 0.2) is 0 Å². The van der Waals surface area contributed by atoms with Crippen molar-refractivity contribution in [2.45, 2.75) is 27.2 Å². The quantitative estimate of drug-likeness (QED) is 0.719. The van der Waals surface area contributed by atoms with E-state index in [0.29, 0.717) is 18.4 Å². The summed E-state index contributed by atoms with van der Waals surface area (Å²) in [7, 11) is 0. The lowest BCUT2D eigenvalue weighted by Gasteiger charge is -2.20. The van der Waals surface area contributed by atoms with Crippen LogP contribution in [0.3, 0.4) is 0 Å². The Balaban J connectivity index is 2.28. The van der Waals surface area contributed by atoms with Gasteiger partial charge in [-0.05, 0) is 31.3 Å². The summed E-state index contributed by atoms with van der Waals surface area (Å²) in [5, 5.41) is 3.06. The summed E-state index contributed by atoms with van der Waals surface area (Å²) in [5.41, 5.74) is 5.63. The molecule has 1 saturated heterocycles. The van der Waals surface area contributed by atoms with E-state index in [4.69, 9.17) is 5.73 Å². The molecule has 4 heteroatoms. The molecule has 1 rings (SSSR count). The number of hydrogen-bond donors (Lipinski definition) is 2. The number of carbonyl (C=O) groups excluding carboxylic acids is 1. The van der Waals surface area contributed by atoms with Crippen LogP contribution in [0.4, 0.5) is 0 Å². The molecular formula is C13H27N3O. The summed E-state index contributed by atoms with van der Waals surface area (Å²) >= 11 is 0. The van der Waals surface area contributed by atoms with Crippen LogP contribution in [-0.4, -0.2) is 43.5 Å². The molecule has 2 unspecified atom stereocenters. The largest absolute Gasteiger partial charge is 0.355 e. The van der Waals surface area contributed by atoms with E-state index in [1.54, 1.807) is 0 Å². The number of carbonyl (C=O) groups is 1. The van der Waals surface area contributed by atoms with Crippen molar-refractivity contribution in [3.8, 4) is 0 Å². The minimum absolute atomic E-state index is 0.0429. The van der Waals surface area contributed by atoms with Gasteiger partial charge in [-0.3, -0.25) is 4.79 Å². The van der Waals surface area contributed by atoms with Crippen molar-refractivity contribution in [3.63, 3.8) is 0 Å². The van der Waals surface area contributed by atoms with Crippen LogP contribution in [0.2, 0.25) is 0 Å². The van der Waals surface area contributed by atoms with E-state index >= 15 is 0 Å². The summed E-state index contributed by atoms with van der Waals surface area (Å²) < 4.78 is 0. The van der Waals surface area contributed by atoms with E-state index in [2.05, 4.69) is 17.1 Å². The van der Waals surface area contributed by atoms with Crippen LogP contribution in [0, 0.1) is 17.8 Å². The molecule has 4 nitrogen and oxygen atoms in total. The van der Waals surface area contributed by atoms with Crippen LogP contribution >= 0.6 is 0 Å². The molecule has 1 fully saturated rings. The molecule has 3 N–H and O–H groups in total. The first-order chi connectivity index (χ1) is 8.08. The van der Waals surface area contributed by atoms with Crippen LogP contribution in [-0.2, 0) is 4.79 Å². The number of nitrogens with one attached hydrogen (secondary N) is 1. The van der Waals surface area contributed by atoms with E-state index in [9.17, 15) is 4.79 Å². The summed E-state index contributed by atoms with van der Waals surface area (Å²) in [5.74, 6) is 1.01. The molecular weight excluding hydrogens is 214 g/mol. The smallest absolute Gasteiger partial charge is 0.224 e. The SMILES string of the molecule is CCN1CCC(CNC(=O)C(CN)C(C)C)C1.